The first-order valence-electron chi connectivity index (χ1n) is 6.22. The Labute approximate surface area is 122 Å². The highest BCUT2D eigenvalue weighted by molar-refractivity contribution is 6.30. The molecule has 106 valence electrons. The van der Waals surface area contributed by atoms with Crippen LogP contribution in [0.2, 0.25) is 5.02 Å². The van der Waals surface area contributed by atoms with Crippen molar-refractivity contribution in [1.29, 1.82) is 0 Å². The summed E-state index contributed by atoms with van der Waals surface area (Å²) in [6.07, 6.45) is 1.81. The van der Waals surface area contributed by atoms with E-state index in [-0.39, 0.29) is 12.1 Å². The van der Waals surface area contributed by atoms with Crippen LogP contribution in [0.15, 0.2) is 30.5 Å². The van der Waals surface area contributed by atoms with Crippen molar-refractivity contribution < 1.29 is 4.79 Å². The predicted octanol–water partition coefficient (Wildman–Crippen LogP) is 1.97. The van der Waals surface area contributed by atoms with Crippen LogP contribution in [0.4, 0.5) is 4.79 Å². The lowest BCUT2D eigenvalue weighted by Crippen LogP contribution is -2.32. The van der Waals surface area contributed by atoms with E-state index < -0.39 is 0 Å². The van der Waals surface area contributed by atoms with Crippen LogP contribution in [0.25, 0.3) is 0 Å². The van der Waals surface area contributed by atoms with Gasteiger partial charge >= 0.3 is 6.03 Å². The fourth-order valence-corrected chi connectivity index (χ4v) is 1.86. The van der Waals surface area contributed by atoms with Crippen LogP contribution in [0.1, 0.15) is 24.2 Å². The van der Waals surface area contributed by atoms with Gasteiger partial charge in [0.1, 0.15) is 5.69 Å². The maximum absolute atomic E-state index is 11.1. The SMILES string of the molecule is CNC(=O)NCc1cn([C@H](C)c2ccc(Cl)cc2)nn1. The Bertz CT molecular complexity index is 581. The van der Waals surface area contributed by atoms with Gasteiger partial charge in [0, 0.05) is 12.1 Å². The standard InChI is InChI=1S/C13H16ClN5O/c1-9(10-3-5-11(14)6-4-10)19-8-12(17-18-19)7-16-13(20)15-2/h3-6,8-9H,7H2,1-2H3,(H2,15,16,20)/t9-/m1/s1. The summed E-state index contributed by atoms with van der Waals surface area (Å²) in [5, 5.41) is 14.0. The predicted molar refractivity (Wildman–Crippen MR) is 76.6 cm³/mol. The Hall–Kier alpha value is -2.08. The first kappa shape index (κ1) is 14.3. The number of carbonyl (C=O) groups is 1. The maximum Gasteiger partial charge on any atom is 0.314 e. The second-order valence-corrected chi connectivity index (χ2v) is 4.79. The van der Waals surface area contributed by atoms with Gasteiger partial charge in [-0.05, 0) is 24.6 Å². The second-order valence-electron chi connectivity index (χ2n) is 4.35. The molecule has 1 aromatic heterocycles. The molecule has 0 aliphatic rings. The van der Waals surface area contributed by atoms with Crippen molar-refractivity contribution in [3.05, 3.63) is 46.7 Å². The normalized spacial score (nSPS) is 11.9. The van der Waals surface area contributed by atoms with Gasteiger partial charge in [-0.2, -0.15) is 0 Å². The summed E-state index contributed by atoms with van der Waals surface area (Å²) in [5.41, 5.74) is 1.79. The summed E-state index contributed by atoms with van der Waals surface area (Å²) in [5.74, 6) is 0. The van der Waals surface area contributed by atoms with E-state index in [2.05, 4.69) is 20.9 Å². The van der Waals surface area contributed by atoms with Crippen LogP contribution in [0.5, 0.6) is 0 Å². The first-order valence-corrected chi connectivity index (χ1v) is 6.59. The molecule has 0 saturated carbocycles. The van der Waals surface area contributed by atoms with Gasteiger partial charge in [0.2, 0.25) is 0 Å². The van der Waals surface area contributed by atoms with Crippen LogP contribution in [-0.2, 0) is 6.54 Å². The summed E-state index contributed by atoms with van der Waals surface area (Å²) in [7, 11) is 1.56. The zero-order valence-corrected chi connectivity index (χ0v) is 12.1. The second kappa shape index (κ2) is 6.38. The molecule has 0 aliphatic carbocycles. The van der Waals surface area contributed by atoms with E-state index in [0.717, 1.165) is 5.56 Å². The minimum Gasteiger partial charge on any atom is -0.341 e. The quantitative estimate of drug-likeness (QED) is 0.905. The molecular weight excluding hydrogens is 278 g/mol. The molecule has 0 unspecified atom stereocenters. The summed E-state index contributed by atoms with van der Waals surface area (Å²) >= 11 is 5.87. The fourth-order valence-electron chi connectivity index (χ4n) is 1.74. The monoisotopic (exact) mass is 293 g/mol. The van der Waals surface area contributed by atoms with Crippen molar-refractivity contribution in [3.63, 3.8) is 0 Å². The molecule has 1 heterocycles. The van der Waals surface area contributed by atoms with Crippen molar-refractivity contribution >= 4 is 17.6 Å². The zero-order chi connectivity index (χ0) is 14.5. The molecule has 0 spiro atoms. The molecule has 2 N–H and O–H groups in total. The number of aromatic nitrogens is 3. The molecule has 0 fully saturated rings. The van der Waals surface area contributed by atoms with Gasteiger partial charge in [-0.15, -0.1) is 5.10 Å². The van der Waals surface area contributed by atoms with Gasteiger partial charge < -0.3 is 10.6 Å². The number of urea groups is 1. The molecule has 2 amide bonds. The van der Waals surface area contributed by atoms with Gasteiger partial charge in [0.05, 0.1) is 18.8 Å². The maximum atomic E-state index is 11.1. The van der Waals surface area contributed by atoms with Crippen molar-refractivity contribution in [2.75, 3.05) is 7.05 Å². The summed E-state index contributed by atoms with van der Waals surface area (Å²) in [6.45, 7) is 2.36. The van der Waals surface area contributed by atoms with Gasteiger partial charge in [0.15, 0.2) is 0 Å². The highest BCUT2D eigenvalue weighted by Gasteiger charge is 2.10. The molecule has 0 saturated heterocycles. The first-order chi connectivity index (χ1) is 9.60. The number of hydrogen-bond donors (Lipinski definition) is 2. The molecule has 6 nitrogen and oxygen atoms in total. The van der Waals surface area contributed by atoms with Crippen LogP contribution in [0, 0.1) is 0 Å². The summed E-state index contributed by atoms with van der Waals surface area (Å²) < 4.78 is 1.75. The number of hydrogen-bond acceptors (Lipinski definition) is 3. The number of benzene rings is 1. The molecule has 1 atom stereocenters. The van der Waals surface area contributed by atoms with E-state index in [1.54, 1.807) is 11.7 Å². The largest absolute Gasteiger partial charge is 0.341 e. The smallest absolute Gasteiger partial charge is 0.314 e. The van der Waals surface area contributed by atoms with E-state index in [9.17, 15) is 4.79 Å². The lowest BCUT2D eigenvalue weighted by molar-refractivity contribution is 0.242. The van der Waals surface area contributed by atoms with Gasteiger partial charge in [-0.3, -0.25) is 0 Å². The van der Waals surface area contributed by atoms with Crippen molar-refractivity contribution in [3.8, 4) is 0 Å². The fraction of sp³-hybridized carbons (Fsp3) is 0.308. The minimum atomic E-state index is -0.245. The van der Waals surface area contributed by atoms with Crippen molar-refractivity contribution in [2.24, 2.45) is 0 Å². The average Bonchev–Trinajstić information content (AvgIpc) is 2.93. The van der Waals surface area contributed by atoms with E-state index in [1.165, 1.54) is 0 Å². The number of rotatable bonds is 4. The Morgan fingerprint density at radius 3 is 2.75 bits per heavy atom. The molecule has 1 aromatic carbocycles. The van der Waals surface area contributed by atoms with E-state index in [0.29, 0.717) is 17.3 Å². The number of carbonyl (C=O) groups excluding carboxylic acids is 1. The summed E-state index contributed by atoms with van der Waals surface area (Å²) in [6, 6.07) is 7.41. The Morgan fingerprint density at radius 2 is 2.10 bits per heavy atom. The minimum absolute atomic E-state index is 0.0496. The Kier molecular flexibility index (Phi) is 4.57. The van der Waals surface area contributed by atoms with E-state index in [4.69, 9.17) is 11.6 Å². The third-order valence-corrected chi connectivity index (χ3v) is 3.22. The molecule has 0 bridgehead atoms. The molecule has 0 radical (unpaired) electrons. The summed E-state index contributed by atoms with van der Waals surface area (Å²) in [4.78, 5) is 11.1. The lowest BCUT2D eigenvalue weighted by atomic mass is 10.1. The third kappa shape index (κ3) is 3.48. The number of halogens is 1. The van der Waals surface area contributed by atoms with Crippen LogP contribution >= 0.6 is 11.6 Å². The highest BCUT2D eigenvalue weighted by Crippen LogP contribution is 2.19. The number of amides is 2. The van der Waals surface area contributed by atoms with Crippen LogP contribution in [0.3, 0.4) is 0 Å². The topological polar surface area (TPSA) is 71.8 Å². The number of nitrogens with one attached hydrogen (secondary N) is 2. The Morgan fingerprint density at radius 1 is 1.40 bits per heavy atom. The third-order valence-electron chi connectivity index (χ3n) is 2.96. The number of nitrogens with zero attached hydrogens (tertiary/aromatic N) is 3. The molecule has 2 rings (SSSR count). The molecule has 0 aliphatic heterocycles. The van der Waals surface area contributed by atoms with Gasteiger partial charge in [-0.1, -0.05) is 28.9 Å². The van der Waals surface area contributed by atoms with Gasteiger partial charge in [-0.25, -0.2) is 9.48 Å². The Balaban J connectivity index is 2.04. The van der Waals surface area contributed by atoms with Gasteiger partial charge in [0.25, 0.3) is 0 Å². The van der Waals surface area contributed by atoms with Crippen molar-refractivity contribution in [1.82, 2.24) is 25.6 Å². The van der Waals surface area contributed by atoms with E-state index >= 15 is 0 Å². The van der Waals surface area contributed by atoms with Crippen molar-refractivity contribution in [2.45, 2.75) is 19.5 Å². The van der Waals surface area contributed by atoms with E-state index in [1.807, 2.05) is 37.4 Å². The molecule has 20 heavy (non-hydrogen) atoms. The molecule has 2 aromatic rings. The highest BCUT2D eigenvalue weighted by atomic mass is 35.5. The van der Waals surface area contributed by atoms with Crippen LogP contribution < -0.4 is 10.6 Å². The molecular formula is C13H16ClN5O. The lowest BCUT2D eigenvalue weighted by Gasteiger charge is -2.11. The average molecular weight is 294 g/mol. The molecule has 7 heteroatoms. The zero-order valence-electron chi connectivity index (χ0n) is 11.3. The van der Waals surface area contributed by atoms with Crippen LogP contribution in [-0.4, -0.2) is 28.1 Å².